The third kappa shape index (κ3) is 6.45. The van der Waals surface area contributed by atoms with E-state index in [1.807, 2.05) is 39.0 Å². The van der Waals surface area contributed by atoms with Crippen LogP contribution in [0.2, 0.25) is 0 Å². The van der Waals surface area contributed by atoms with Crippen molar-refractivity contribution >= 4 is 15.9 Å². The monoisotopic (exact) mass is 559 g/mol. The number of nitrogens with zero attached hydrogens (tertiary/aromatic N) is 3. The molecule has 1 amide bonds. The van der Waals surface area contributed by atoms with Crippen molar-refractivity contribution in [2.24, 2.45) is 5.92 Å². The molecule has 1 N–H and O–H groups in total. The second kappa shape index (κ2) is 12.3. The molecule has 0 atom stereocenters. The fourth-order valence-corrected chi connectivity index (χ4v) is 7.67. The molecule has 2 aliphatic rings. The van der Waals surface area contributed by atoms with Gasteiger partial charge >= 0.3 is 0 Å². The number of sulfonamides is 1. The number of aryl methyl sites for hydroxylation is 1. The zero-order valence-corrected chi connectivity index (χ0v) is 24.3. The molecule has 0 saturated carbocycles. The summed E-state index contributed by atoms with van der Waals surface area (Å²) in [6, 6.07) is 7.30. The Balaban J connectivity index is 1.20. The van der Waals surface area contributed by atoms with Crippen molar-refractivity contribution in [3.63, 3.8) is 0 Å². The fourth-order valence-electron chi connectivity index (χ4n) is 5.72. The summed E-state index contributed by atoms with van der Waals surface area (Å²) in [6.45, 7) is 7.91. The Hall–Kier alpha value is -2.53. The van der Waals surface area contributed by atoms with Gasteiger partial charge in [0.05, 0.1) is 17.7 Å². The van der Waals surface area contributed by atoms with Crippen LogP contribution < -0.4 is 4.74 Å². The summed E-state index contributed by atoms with van der Waals surface area (Å²) < 4.78 is 39.7. The number of piperidine rings is 2. The SMILES string of the molecule is COc1cc(C)c(S(=O)(=O)N2CCC(CCOCC(=O)N3CCC(O)(c4ccccn4)CC3)CC2)c(C)c1C. The molecule has 9 nitrogen and oxygen atoms in total. The highest BCUT2D eigenvalue weighted by atomic mass is 32.2. The zero-order valence-electron chi connectivity index (χ0n) is 23.5. The fraction of sp³-hybridized carbons (Fsp3) is 0.586. The number of carbonyl (C=O) groups excluding carboxylic acids is 1. The van der Waals surface area contributed by atoms with Gasteiger partial charge in [-0.15, -0.1) is 0 Å². The lowest BCUT2D eigenvalue weighted by Crippen LogP contribution is -2.46. The zero-order chi connectivity index (χ0) is 28.2. The molecule has 0 unspecified atom stereocenters. The number of hydrogen-bond acceptors (Lipinski definition) is 7. The third-order valence-electron chi connectivity index (χ3n) is 8.35. The van der Waals surface area contributed by atoms with Gasteiger partial charge in [-0.25, -0.2) is 8.42 Å². The number of amides is 1. The van der Waals surface area contributed by atoms with Gasteiger partial charge in [0.1, 0.15) is 18.0 Å². The first-order valence-corrected chi connectivity index (χ1v) is 15.1. The van der Waals surface area contributed by atoms with Gasteiger partial charge in [0.15, 0.2) is 0 Å². The third-order valence-corrected chi connectivity index (χ3v) is 10.5. The van der Waals surface area contributed by atoms with Crippen LogP contribution in [0, 0.1) is 26.7 Å². The van der Waals surface area contributed by atoms with Gasteiger partial charge in [-0.3, -0.25) is 9.78 Å². The van der Waals surface area contributed by atoms with Crippen molar-refractivity contribution in [2.45, 2.75) is 63.4 Å². The van der Waals surface area contributed by atoms with Crippen molar-refractivity contribution in [1.29, 1.82) is 0 Å². The molecule has 1 aromatic heterocycles. The number of aliphatic hydroxyl groups is 1. The molecule has 2 aromatic rings. The lowest BCUT2D eigenvalue weighted by atomic mass is 9.88. The Morgan fingerprint density at radius 1 is 1.10 bits per heavy atom. The maximum Gasteiger partial charge on any atom is 0.248 e. The van der Waals surface area contributed by atoms with Crippen LogP contribution in [0.25, 0.3) is 0 Å². The maximum absolute atomic E-state index is 13.5. The summed E-state index contributed by atoms with van der Waals surface area (Å²) in [5.41, 5.74) is 1.94. The van der Waals surface area contributed by atoms with Crippen LogP contribution >= 0.6 is 0 Å². The van der Waals surface area contributed by atoms with Gasteiger partial charge < -0.3 is 19.5 Å². The molecule has 2 fully saturated rings. The van der Waals surface area contributed by atoms with Crippen molar-refractivity contribution in [3.05, 3.63) is 52.8 Å². The molecule has 214 valence electrons. The summed E-state index contributed by atoms with van der Waals surface area (Å²) in [4.78, 5) is 19.0. The molecule has 2 aliphatic heterocycles. The molecule has 39 heavy (non-hydrogen) atoms. The number of hydrogen-bond donors (Lipinski definition) is 1. The number of rotatable bonds is 9. The van der Waals surface area contributed by atoms with E-state index in [1.165, 1.54) is 0 Å². The summed E-state index contributed by atoms with van der Waals surface area (Å²) in [5.74, 6) is 0.988. The minimum absolute atomic E-state index is 0.0185. The molecule has 10 heteroatoms. The Morgan fingerprint density at radius 3 is 2.41 bits per heavy atom. The molecule has 2 saturated heterocycles. The number of carbonyl (C=O) groups is 1. The lowest BCUT2D eigenvalue weighted by molar-refractivity contribution is -0.141. The van der Waals surface area contributed by atoms with Crippen LogP contribution in [-0.2, 0) is 25.2 Å². The number of benzene rings is 1. The second-order valence-corrected chi connectivity index (χ2v) is 12.7. The van der Waals surface area contributed by atoms with Gasteiger partial charge in [-0.1, -0.05) is 6.07 Å². The molecule has 3 heterocycles. The highest BCUT2D eigenvalue weighted by Crippen LogP contribution is 2.34. The van der Waals surface area contributed by atoms with Crippen molar-refractivity contribution < 1.29 is 27.8 Å². The summed E-state index contributed by atoms with van der Waals surface area (Å²) in [7, 11) is -2.00. The molecule has 0 radical (unpaired) electrons. The molecular weight excluding hydrogens is 518 g/mol. The Morgan fingerprint density at radius 2 is 1.79 bits per heavy atom. The molecule has 0 spiro atoms. The minimum atomic E-state index is -3.59. The van der Waals surface area contributed by atoms with Crippen LogP contribution in [0.5, 0.6) is 5.75 Å². The molecule has 0 bridgehead atoms. The smallest absolute Gasteiger partial charge is 0.248 e. The van der Waals surface area contributed by atoms with Crippen molar-refractivity contribution in [1.82, 2.24) is 14.2 Å². The predicted molar refractivity (Wildman–Crippen MR) is 148 cm³/mol. The van der Waals surface area contributed by atoms with E-state index < -0.39 is 15.6 Å². The summed E-state index contributed by atoms with van der Waals surface area (Å²) in [6.07, 6.45) is 4.90. The van der Waals surface area contributed by atoms with E-state index >= 15 is 0 Å². The first kappa shape index (κ1) is 29.5. The minimum Gasteiger partial charge on any atom is -0.496 e. The van der Waals surface area contributed by atoms with Crippen LogP contribution in [0.4, 0.5) is 0 Å². The largest absolute Gasteiger partial charge is 0.496 e. The van der Waals surface area contributed by atoms with Crippen LogP contribution in [0.1, 0.15) is 54.5 Å². The number of ether oxygens (including phenoxy) is 2. The van der Waals surface area contributed by atoms with Crippen molar-refractivity contribution in [2.75, 3.05) is 46.5 Å². The Kier molecular flexibility index (Phi) is 9.31. The van der Waals surface area contributed by atoms with E-state index in [2.05, 4.69) is 4.98 Å². The van der Waals surface area contributed by atoms with Gasteiger partial charge in [-0.2, -0.15) is 4.31 Å². The number of likely N-dealkylation sites (tertiary alicyclic amines) is 1. The van der Waals surface area contributed by atoms with Crippen LogP contribution in [-0.4, -0.2) is 80.1 Å². The highest BCUT2D eigenvalue weighted by molar-refractivity contribution is 7.89. The number of pyridine rings is 1. The average molecular weight is 560 g/mol. The van der Waals surface area contributed by atoms with Crippen molar-refractivity contribution in [3.8, 4) is 5.75 Å². The lowest BCUT2D eigenvalue weighted by Gasteiger charge is -2.37. The second-order valence-electron chi connectivity index (χ2n) is 10.8. The van der Waals surface area contributed by atoms with Gasteiger partial charge in [0.2, 0.25) is 15.9 Å². The van der Waals surface area contributed by atoms with Gasteiger partial charge in [-0.05, 0) is 93.7 Å². The normalized spacial score (nSPS) is 18.7. The molecule has 4 rings (SSSR count). The first-order chi connectivity index (χ1) is 18.6. The average Bonchev–Trinajstić information content (AvgIpc) is 2.94. The summed E-state index contributed by atoms with van der Waals surface area (Å²) >= 11 is 0. The van der Waals surface area contributed by atoms with E-state index in [1.54, 1.807) is 28.6 Å². The topological polar surface area (TPSA) is 109 Å². The standard InChI is InChI=1S/C29H41N3O6S/c1-21-19-25(37-4)22(2)23(3)28(21)39(35,36)32-14-8-24(9-15-32)10-18-38-20-27(33)31-16-11-29(34,12-17-31)26-7-5-6-13-30-26/h5-7,13,19,24,34H,8-12,14-18,20H2,1-4H3. The Bertz CT molecular complexity index is 1250. The van der Waals surface area contributed by atoms with Crippen LogP contribution in [0.3, 0.4) is 0 Å². The van der Waals surface area contributed by atoms with E-state index in [0.717, 1.165) is 30.4 Å². The number of aromatic nitrogens is 1. The van der Waals surface area contributed by atoms with E-state index in [0.29, 0.717) is 73.4 Å². The van der Waals surface area contributed by atoms with E-state index in [-0.39, 0.29) is 12.5 Å². The first-order valence-electron chi connectivity index (χ1n) is 13.7. The maximum atomic E-state index is 13.5. The van der Waals surface area contributed by atoms with E-state index in [9.17, 15) is 18.3 Å². The summed E-state index contributed by atoms with van der Waals surface area (Å²) in [5, 5.41) is 10.9. The predicted octanol–water partition coefficient (Wildman–Crippen LogP) is 3.33. The van der Waals surface area contributed by atoms with E-state index in [4.69, 9.17) is 9.47 Å². The van der Waals surface area contributed by atoms with Gasteiger partial charge in [0, 0.05) is 39.0 Å². The molecule has 1 aromatic carbocycles. The molecular formula is C29H41N3O6S. The highest BCUT2D eigenvalue weighted by Gasteiger charge is 2.36. The number of methoxy groups -OCH3 is 1. The quantitative estimate of drug-likeness (QED) is 0.470. The van der Waals surface area contributed by atoms with Crippen LogP contribution in [0.15, 0.2) is 35.4 Å². The van der Waals surface area contributed by atoms with Gasteiger partial charge in [0.25, 0.3) is 0 Å². The Labute approximate surface area is 232 Å². The molecule has 0 aliphatic carbocycles.